The van der Waals surface area contributed by atoms with Gasteiger partial charge in [-0.3, -0.25) is 0 Å². The van der Waals surface area contributed by atoms with Gasteiger partial charge in [0, 0.05) is 16.8 Å². The molecule has 4 heteroatoms. The molecule has 19 heavy (non-hydrogen) atoms. The first-order valence-electron chi connectivity index (χ1n) is 6.73. The predicted molar refractivity (Wildman–Crippen MR) is 72.4 cm³/mol. The number of nitrogens with one attached hydrogen (secondary N) is 1. The number of aromatic nitrogens is 2. The number of benzene rings is 1. The van der Waals surface area contributed by atoms with Gasteiger partial charge in [0.05, 0.1) is 6.04 Å². The van der Waals surface area contributed by atoms with Gasteiger partial charge in [-0.1, -0.05) is 18.2 Å². The zero-order valence-corrected chi connectivity index (χ0v) is 10.6. The van der Waals surface area contributed by atoms with E-state index in [9.17, 15) is 0 Å². The minimum atomic E-state index is 0.191. The Bertz CT molecular complexity index is 627. The highest BCUT2D eigenvalue weighted by Gasteiger charge is 2.26. The fourth-order valence-electron chi connectivity index (χ4n) is 2.93. The van der Waals surface area contributed by atoms with E-state index in [2.05, 4.69) is 21.4 Å². The van der Waals surface area contributed by atoms with Gasteiger partial charge in [0.15, 0.2) is 0 Å². The van der Waals surface area contributed by atoms with Gasteiger partial charge in [-0.15, -0.1) is 0 Å². The number of fused-ring (bicyclic) bond motifs is 2. The molecule has 4 nitrogen and oxygen atoms in total. The summed E-state index contributed by atoms with van der Waals surface area (Å²) in [6, 6.07) is 8.37. The molecule has 0 bridgehead atoms. The van der Waals surface area contributed by atoms with Crippen LogP contribution in [0.3, 0.4) is 0 Å². The summed E-state index contributed by atoms with van der Waals surface area (Å²) >= 11 is 0. The molecule has 1 unspecified atom stereocenters. The Morgan fingerprint density at radius 3 is 3.11 bits per heavy atom. The molecule has 0 spiro atoms. The Balaban J connectivity index is 1.65. The van der Waals surface area contributed by atoms with E-state index in [1.165, 1.54) is 23.2 Å². The van der Waals surface area contributed by atoms with Crippen molar-refractivity contribution in [3.05, 3.63) is 47.4 Å². The van der Waals surface area contributed by atoms with Crippen LogP contribution in [0, 0.1) is 0 Å². The Labute approximate surface area is 111 Å². The Morgan fingerprint density at radius 1 is 1.16 bits per heavy atom. The molecule has 1 aliphatic carbocycles. The quantitative estimate of drug-likeness (QED) is 0.893. The van der Waals surface area contributed by atoms with E-state index in [-0.39, 0.29) is 6.04 Å². The van der Waals surface area contributed by atoms with Crippen molar-refractivity contribution < 1.29 is 4.74 Å². The second-order valence-electron chi connectivity index (χ2n) is 5.05. The molecule has 2 heterocycles. The Morgan fingerprint density at radius 2 is 2.11 bits per heavy atom. The average molecular weight is 253 g/mol. The molecule has 2 aromatic rings. The van der Waals surface area contributed by atoms with E-state index in [0.717, 1.165) is 24.4 Å². The van der Waals surface area contributed by atoms with Crippen LogP contribution in [-0.2, 0) is 12.8 Å². The number of rotatable bonds is 2. The average Bonchev–Trinajstić information content (AvgIpc) is 3.06. The summed E-state index contributed by atoms with van der Waals surface area (Å²) < 4.78 is 5.70. The fraction of sp³-hybridized carbons (Fsp3) is 0.333. The predicted octanol–water partition coefficient (Wildman–Crippen LogP) is 2.51. The summed E-state index contributed by atoms with van der Waals surface area (Å²) in [6.45, 7) is 0.665. The third kappa shape index (κ3) is 1.75. The SMILES string of the molecule is c1ccc2c(c1)OCC2Nc1ncnc2c1CCC2. The summed E-state index contributed by atoms with van der Waals surface area (Å²) in [6.07, 6.45) is 4.99. The monoisotopic (exact) mass is 253 g/mol. The molecule has 0 saturated carbocycles. The van der Waals surface area contributed by atoms with Crippen molar-refractivity contribution in [1.82, 2.24) is 9.97 Å². The first kappa shape index (κ1) is 10.8. The van der Waals surface area contributed by atoms with Gasteiger partial charge in [0.2, 0.25) is 0 Å². The van der Waals surface area contributed by atoms with Gasteiger partial charge in [-0.25, -0.2) is 9.97 Å². The zero-order chi connectivity index (χ0) is 12.7. The van der Waals surface area contributed by atoms with E-state index < -0.39 is 0 Å². The van der Waals surface area contributed by atoms with Gasteiger partial charge in [-0.2, -0.15) is 0 Å². The maximum absolute atomic E-state index is 5.70. The minimum Gasteiger partial charge on any atom is -0.491 e. The van der Waals surface area contributed by atoms with E-state index in [1.54, 1.807) is 6.33 Å². The molecule has 1 aromatic carbocycles. The molecule has 0 fully saturated rings. The maximum Gasteiger partial charge on any atom is 0.133 e. The number of hydrogen-bond acceptors (Lipinski definition) is 4. The number of ether oxygens (including phenoxy) is 1. The molecule has 1 aliphatic heterocycles. The van der Waals surface area contributed by atoms with E-state index in [1.807, 2.05) is 18.2 Å². The van der Waals surface area contributed by atoms with Crippen molar-refractivity contribution in [3.8, 4) is 5.75 Å². The highest BCUT2D eigenvalue weighted by molar-refractivity contribution is 5.52. The molecular weight excluding hydrogens is 238 g/mol. The molecule has 0 amide bonds. The van der Waals surface area contributed by atoms with E-state index in [4.69, 9.17) is 4.74 Å². The first-order valence-corrected chi connectivity index (χ1v) is 6.73. The summed E-state index contributed by atoms with van der Waals surface area (Å²) in [4.78, 5) is 8.77. The third-order valence-corrected chi connectivity index (χ3v) is 3.89. The highest BCUT2D eigenvalue weighted by Crippen LogP contribution is 2.35. The van der Waals surface area contributed by atoms with Crippen LogP contribution in [0.4, 0.5) is 5.82 Å². The van der Waals surface area contributed by atoms with Crippen molar-refractivity contribution in [1.29, 1.82) is 0 Å². The standard InChI is InChI=1S/C15H15N3O/c1-2-7-14-10(4-1)13(8-19-14)18-15-11-5-3-6-12(11)16-9-17-15/h1-2,4,7,9,13H,3,5-6,8H2,(H,16,17,18). The van der Waals surface area contributed by atoms with Crippen LogP contribution in [0.2, 0.25) is 0 Å². The lowest BCUT2D eigenvalue weighted by molar-refractivity contribution is 0.339. The van der Waals surface area contributed by atoms with E-state index in [0.29, 0.717) is 6.61 Å². The van der Waals surface area contributed by atoms with Crippen LogP contribution >= 0.6 is 0 Å². The minimum absolute atomic E-state index is 0.191. The lowest BCUT2D eigenvalue weighted by Crippen LogP contribution is -2.14. The largest absolute Gasteiger partial charge is 0.491 e. The number of para-hydroxylation sites is 1. The van der Waals surface area contributed by atoms with Crippen LogP contribution in [0.1, 0.15) is 29.3 Å². The molecule has 1 atom stereocenters. The summed E-state index contributed by atoms with van der Waals surface area (Å²) in [5.41, 5.74) is 3.70. The Hall–Kier alpha value is -2.10. The van der Waals surface area contributed by atoms with Crippen molar-refractivity contribution in [3.63, 3.8) is 0 Å². The van der Waals surface area contributed by atoms with Crippen molar-refractivity contribution >= 4 is 5.82 Å². The molecule has 1 N–H and O–H groups in total. The van der Waals surface area contributed by atoms with Crippen LogP contribution < -0.4 is 10.1 Å². The number of aryl methyl sites for hydroxylation is 1. The van der Waals surface area contributed by atoms with Gasteiger partial charge in [0.25, 0.3) is 0 Å². The van der Waals surface area contributed by atoms with Crippen molar-refractivity contribution in [2.24, 2.45) is 0 Å². The fourth-order valence-corrected chi connectivity index (χ4v) is 2.93. The van der Waals surface area contributed by atoms with Gasteiger partial charge in [0.1, 0.15) is 24.5 Å². The molecular formula is C15H15N3O. The lowest BCUT2D eigenvalue weighted by Gasteiger charge is -2.14. The maximum atomic E-state index is 5.70. The highest BCUT2D eigenvalue weighted by atomic mass is 16.5. The van der Waals surface area contributed by atoms with Crippen LogP contribution in [0.15, 0.2) is 30.6 Å². The van der Waals surface area contributed by atoms with Gasteiger partial charge < -0.3 is 10.1 Å². The molecule has 1 aromatic heterocycles. The molecule has 96 valence electrons. The van der Waals surface area contributed by atoms with Crippen LogP contribution in [0.25, 0.3) is 0 Å². The number of hydrogen-bond donors (Lipinski definition) is 1. The smallest absolute Gasteiger partial charge is 0.133 e. The number of nitrogens with zero attached hydrogens (tertiary/aromatic N) is 2. The zero-order valence-electron chi connectivity index (χ0n) is 10.6. The normalized spacial score (nSPS) is 19.7. The van der Waals surface area contributed by atoms with Gasteiger partial charge >= 0.3 is 0 Å². The molecule has 2 aliphatic rings. The van der Waals surface area contributed by atoms with Crippen molar-refractivity contribution in [2.75, 3.05) is 11.9 Å². The van der Waals surface area contributed by atoms with Crippen molar-refractivity contribution in [2.45, 2.75) is 25.3 Å². The van der Waals surface area contributed by atoms with E-state index >= 15 is 0 Å². The molecule has 0 saturated heterocycles. The second kappa shape index (κ2) is 4.23. The summed E-state index contributed by atoms with van der Waals surface area (Å²) in [5, 5.41) is 3.52. The topological polar surface area (TPSA) is 47.0 Å². The summed E-state index contributed by atoms with van der Waals surface area (Å²) in [7, 11) is 0. The Kier molecular flexibility index (Phi) is 2.40. The van der Waals surface area contributed by atoms with Crippen LogP contribution in [-0.4, -0.2) is 16.6 Å². The van der Waals surface area contributed by atoms with Gasteiger partial charge in [-0.05, 0) is 25.3 Å². The lowest BCUT2D eigenvalue weighted by atomic mass is 10.1. The summed E-state index contributed by atoms with van der Waals surface area (Å²) in [5.74, 6) is 1.96. The molecule has 0 radical (unpaired) electrons. The molecule has 4 rings (SSSR count). The number of anilines is 1. The second-order valence-corrected chi connectivity index (χ2v) is 5.05. The third-order valence-electron chi connectivity index (χ3n) is 3.89. The first-order chi connectivity index (χ1) is 9.42. The van der Waals surface area contributed by atoms with Crippen LogP contribution in [0.5, 0.6) is 5.75 Å².